The molecule has 7 aromatic rings. The van der Waals surface area contributed by atoms with Crippen LogP contribution in [0, 0.1) is 0 Å². The van der Waals surface area contributed by atoms with Crippen molar-refractivity contribution in [2.75, 3.05) is 0 Å². The molecule has 0 radical (unpaired) electrons. The van der Waals surface area contributed by atoms with Gasteiger partial charge in [-0.05, 0) is 33.0 Å². The van der Waals surface area contributed by atoms with E-state index in [9.17, 15) is 39.6 Å². The molecule has 5 aromatic carbocycles. The fourth-order valence-electron chi connectivity index (χ4n) is 5.14. The predicted octanol–water partition coefficient (Wildman–Crippen LogP) is 5.35. The predicted molar refractivity (Wildman–Crippen MR) is 153 cm³/mol. The van der Waals surface area contributed by atoms with Crippen LogP contribution in [0.5, 0.6) is 0 Å². The average molecular weight is 565 g/mol. The van der Waals surface area contributed by atoms with E-state index in [1.54, 1.807) is 61.7 Å². The maximum atomic E-state index is 12.3. The summed E-state index contributed by atoms with van der Waals surface area (Å²) >= 11 is 0. The van der Waals surface area contributed by atoms with Gasteiger partial charge in [0.05, 0.1) is 34.9 Å². The summed E-state index contributed by atoms with van der Waals surface area (Å²) in [6.07, 6.45) is 10.2. The molecule has 42 heavy (non-hydrogen) atoms. The molecule has 2 heterocycles. The van der Waals surface area contributed by atoms with Crippen molar-refractivity contribution >= 4 is 67.0 Å². The van der Waals surface area contributed by atoms with Gasteiger partial charge in [-0.1, -0.05) is 42.5 Å². The number of carbonyl (C=O) groups is 4. The van der Waals surface area contributed by atoms with E-state index in [0.717, 1.165) is 5.39 Å². The summed E-state index contributed by atoms with van der Waals surface area (Å²) in [4.78, 5) is 61.5. The third kappa shape index (κ3) is 4.58. The molecule has 0 aliphatic heterocycles. The zero-order chi connectivity index (χ0) is 30.0. The molecule has 0 atom stereocenters. The molecule has 0 aliphatic carbocycles. The normalized spacial score (nSPS) is 10.7. The van der Waals surface area contributed by atoms with E-state index >= 15 is 0 Å². The minimum absolute atomic E-state index is 0.00250. The summed E-state index contributed by atoms with van der Waals surface area (Å²) < 4.78 is 0. The maximum absolute atomic E-state index is 12.3. The quantitative estimate of drug-likeness (QED) is 0.119. The van der Waals surface area contributed by atoms with Crippen LogP contribution in [0.15, 0.2) is 86.0 Å². The van der Waals surface area contributed by atoms with Crippen molar-refractivity contribution < 1.29 is 39.6 Å². The van der Waals surface area contributed by atoms with E-state index in [2.05, 4.69) is 19.9 Å². The van der Waals surface area contributed by atoms with Crippen LogP contribution in [0.2, 0.25) is 0 Å². The smallest absolute Gasteiger partial charge is 0.337 e. The highest BCUT2D eigenvalue weighted by molar-refractivity contribution is 6.40. The Bertz CT molecular complexity index is 2040. The number of aromatic carboxylic acids is 4. The van der Waals surface area contributed by atoms with Crippen molar-refractivity contribution in [3.05, 3.63) is 108 Å². The number of fused-ring (bicyclic) bond motifs is 2. The molecule has 0 spiro atoms. The molecule has 0 fully saturated rings. The van der Waals surface area contributed by atoms with Gasteiger partial charge in [0, 0.05) is 40.9 Å². The summed E-state index contributed by atoms with van der Waals surface area (Å²) in [5.41, 5.74) is -2.93. The Morgan fingerprint density at radius 3 is 1.50 bits per heavy atom. The Balaban J connectivity index is 0.000000297. The first-order chi connectivity index (χ1) is 20.2. The van der Waals surface area contributed by atoms with Crippen molar-refractivity contribution in [3.63, 3.8) is 0 Å². The molecule has 12 nitrogen and oxygen atoms in total. The molecule has 2 aromatic heterocycles. The lowest BCUT2D eigenvalue weighted by atomic mass is 9.81. The van der Waals surface area contributed by atoms with Gasteiger partial charge in [-0.3, -0.25) is 0 Å². The lowest BCUT2D eigenvalue weighted by molar-refractivity contribution is 0.0635. The molecule has 6 N–H and O–H groups in total. The molecular weight excluding hydrogens is 544 g/mol. The van der Waals surface area contributed by atoms with Gasteiger partial charge in [0.2, 0.25) is 0 Å². The van der Waals surface area contributed by atoms with Gasteiger partial charge in [-0.2, -0.15) is 0 Å². The molecular formula is C30H20N4O8. The monoisotopic (exact) mass is 564 g/mol. The Morgan fingerprint density at radius 2 is 1.05 bits per heavy atom. The molecule has 0 saturated carbocycles. The number of hydrogen-bond acceptors (Lipinski definition) is 6. The molecule has 12 heteroatoms. The van der Waals surface area contributed by atoms with E-state index < -0.39 is 46.1 Å². The number of aromatic nitrogens is 4. The van der Waals surface area contributed by atoms with Gasteiger partial charge in [0.15, 0.2) is 0 Å². The number of carboxylic acid groups (broad SMARTS) is 4. The molecule has 208 valence electrons. The molecule has 0 bridgehead atoms. The minimum atomic E-state index is -1.77. The van der Waals surface area contributed by atoms with E-state index in [1.165, 1.54) is 12.1 Å². The first-order valence-electron chi connectivity index (χ1n) is 12.2. The molecule has 0 saturated heterocycles. The highest BCUT2D eigenvalue weighted by Crippen LogP contribution is 2.45. The number of H-pyrrole nitrogens is 2. The van der Waals surface area contributed by atoms with Gasteiger partial charge in [-0.15, -0.1) is 0 Å². The number of imidazole rings is 2. The van der Waals surface area contributed by atoms with Crippen LogP contribution < -0.4 is 0 Å². The second-order valence-corrected chi connectivity index (χ2v) is 8.86. The van der Waals surface area contributed by atoms with Crippen LogP contribution in [0.4, 0.5) is 0 Å². The second-order valence-electron chi connectivity index (χ2n) is 8.86. The highest BCUT2D eigenvalue weighted by atomic mass is 16.4. The number of carboxylic acids is 4. The van der Waals surface area contributed by atoms with Crippen LogP contribution in [0.1, 0.15) is 41.4 Å². The summed E-state index contributed by atoms with van der Waals surface area (Å²) in [7, 11) is 0. The van der Waals surface area contributed by atoms with Crippen molar-refractivity contribution in [1.82, 2.24) is 19.9 Å². The van der Waals surface area contributed by atoms with Crippen LogP contribution >= 0.6 is 0 Å². The van der Waals surface area contributed by atoms with Crippen molar-refractivity contribution in [2.24, 2.45) is 0 Å². The molecule has 0 amide bonds. The summed E-state index contributed by atoms with van der Waals surface area (Å²) in [5, 5.41) is 42.3. The minimum Gasteiger partial charge on any atom is -0.478 e. The Morgan fingerprint density at radius 1 is 0.524 bits per heavy atom. The fraction of sp³-hybridized carbons (Fsp3) is 0. The number of rotatable bonds is 4. The van der Waals surface area contributed by atoms with E-state index in [1.807, 2.05) is 12.1 Å². The van der Waals surface area contributed by atoms with Gasteiger partial charge < -0.3 is 30.4 Å². The topological polar surface area (TPSA) is 207 Å². The largest absolute Gasteiger partial charge is 0.478 e. The number of hydrogen-bond donors (Lipinski definition) is 6. The summed E-state index contributed by atoms with van der Waals surface area (Å²) in [6, 6.07) is 13.2. The van der Waals surface area contributed by atoms with Gasteiger partial charge >= 0.3 is 23.9 Å². The third-order valence-electron chi connectivity index (χ3n) is 6.60. The fourth-order valence-corrected chi connectivity index (χ4v) is 5.14. The first-order valence-corrected chi connectivity index (χ1v) is 12.2. The lowest BCUT2D eigenvalue weighted by Gasteiger charge is -2.20. The number of nitrogens with zero attached hydrogens (tertiary/aromatic N) is 2. The zero-order valence-electron chi connectivity index (χ0n) is 21.4. The third-order valence-corrected chi connectivity index (χ3v) is 6.60. The van der Waals surface area contributed by atoms with Crippen LogP contribution in [-0.2, 0) is 0 Å². The zero-order valence-corrected chi connectivity index (χ0v) is 21.4. The first kappa shape index (κ1) is 27.3. The molecule has 0 unspecified atom stereocenters. The van der Waals surface area contributed by atoms with Gasteiger partial charge in [0.1, 0.15) is 0 Å². The highest BCUT2D eigenvalue weighted by Gasteiger charge is 2.33. The van der Waals surface area contributed by atoms with Crippen LogP contribution in [-0.4, -0.2) is 64.2 Å². The van der Waals surface area contributed by atoms with Crippen LogP contribution in [0.25, 0.3) is 43.1 Å². The van der Waals surface area contributed by atoms with Crippen molar-refractivity contribution in [1.29, 1.82) is 0 Å². The van der Waals surface area contributed by atoms with Crippen molar-refractivity contribution in [2.45, 2.75) is 0 Å². The number of benzene rings is 5. The van der Waals surface area contributed by atoms with Gasteiger partial charge in [0.25, 0.3) is 0 Å². The molecule has 0 aliphatic rings. The average Bonchev–Trinajstić information content (AvgIpc) is 3.74. The summed E-state index contributed by atoms with van der Waals surface area (Å²) in [5.74, 6) is -6.58. The van der Waals surface area contributed by atoms with Crippen LogP contribution in [0.3, 0.4) is 0 Å². The Labute approximate surface area is 234 Å². The van der Waals surface area contributed by atoms with E-state index in [4.69, 9.17) is 0 Å². The Hall–Kier alpha value is -6.30. The standard InChI is InChI=1S/C24H12O8.2C3H4N2/c25-21(26)13-8-7-11-10-5-1-3-9-4-2-6-12(14(9)10)16-15(11)17(13)19(23(29)30)20(24(31)32)18(16)22(27)28;2*1-2-5-3-4-1/h1-8H,(H,25,26)(H,27,28)(H,29,30)(H,31,32);2*1-3H,(H,4,5). The summed E-state index contributed by atoms with van der Waals surface area (Å²) in [6.45, 7) is 0. The lowest BCUT2D eigenvalue weighted by Crippen LogP contribution is -2.18. The van der Waals surface area contributed by atoms with E-state index in [-0.39, 0.29) is 16.2 Å². The Kier molecular flexibility index (Phi) is 7.18. The maximum Gasteiger partial charge on any atom is 0.337 e. The SMILES string of the molecule is O=C(O)c1c(C(=O)O)c2c(C(=O)O)ccc3c4cccc5cccc(c(c1C(=O)O)c23)c54.c1c[nH]cn1.c1c[nH]cn1. The van der Waals surface area contributed by atoms with Crippen molar-refractivity contribution in [3.8, 4) is 0 Å². The molecule has 7 rings (SSSR count). The number of aromatic amines is 2. The number of nitrogens with one attached hydrogen (secondary N) is 2. The van der Waals surface area contributed by atoms with Gasteiger partial charge in [-0.25, -0.2) is 29.1 Å². The van der Waals surface area contributed by atoms with E-state index in [0.29, 0.717) is 21.5 Å². The second kappa shape index (κ2) is 11.1.